The molecular weight excluding hydrogens is 524 g/mol. The molecule has 0 saturated heterocycles. The summed E-state index contributed by atoms with van der Waals surface area (Å²) in [5.41, 5.74) is 4.40. The van der Waals surface area contributed by atoms with Crippen LogP contribution in [0.3, 0.4) is 0 Å². The molecule has 39 heavy (non-hydrogen) atoms. The van der Waals surface area contributed by atoms with Crippen molar-refractivity contribution in [1.29, 1.82) is 0 Å². The lowest BCUT2D eigenvalue weighted by Crippen LogP contribution is -2.16. The average Bonchev–Trinajstić information content (AvgIpc) is 3.50. The molecule has 10 nitrogen and oxygen atoms in total. The standard InChI is InChI=1S/C14H16N2O3.C7H5ClO2.C7H12N2O/c1-14(2,3)11-9-12(16-19-11)15-13(17)18-10-7-5-4-6-8-10;8-7(9)10-6-4-2-1-3-5-6;1-7(2,3)5-4-6(8)9-10-5/h4-9H,1-3H3,(H,15,16,17);1-5H;4H,1-3H3,(H2,8,9). The Morgan fingerprint density at radius 2 is 1.23 bits per heavy atom. The number of hydrogen-bond acceptors (Lipinski definition) is 9. The number of amides is 1. The van der Waals surface area contributed by atoms with E-state index in [1.807, 2.05) is 53.7 Å². The quantitative estimate of drug-likeness (QED) is 0.244. The molecule has 0 aliphatic carbocycles. The van der Waals surface area contributed by atoms with Gasteiger partial charge in [0.1, 0.15) is 23.0 Å². The molecule has 0 saturated carbocycles. The van der Waals surface area contributed by atoms with Gasteiger partial charge in [-0.3, -0.25) is 5.32 Å². The Hall–Kier alpha value is -4.31. The number of halogens is 1. The lowest BCUT2D eigenvalue weighted by molar-refractivity contribution is 0.215. The second-order valence-electron chi connectivity index (χ2n) is 10.2. The summed E-state index contributed by atoms with van der Waals surface area (Å²) >= 11 is 4.95. The smallest absolute Gasteiger partial charge is 0.415 e. The van der Waals surface area contributed by atoms with Crippen LogP contribution in [0.4, 0.5) is 21.2 Å². The molecule has 2 aromatic heterocycles. The third-order valence-corrected chi connectivity index (χ3v) is 4.72. The first-order valence-electron chi connectivity index (χ1n) is 11.9. The van der Waals surface area contributed by atoms with Gasteiger partial charge in [-0.15, -0.1) is 0 Å². The molecule has 1 amide bonds. The highest BCUT2D eigenvalue weighted by Gasteiger charge is 2.21. The molecule has 11 heteroatoms. The summed E-state index contributed by atoms with van der Waals surface area (Å²) in [4.78, 5) is 21.8. The summed E-state index contributed by atoms with van der Waals surface area (Å²) in [7, 11) is 0. The van der Waals surface area contributed by atoms with Crippen LogP contribution in [0.5, 0.6) is 11.5 Å². The summed E-state index contributed by atoms with van der Waals surface area (Å²) in [5, 5.41) is 9.88. The molecular formula is C28H33ClN4O6. The Labute approximate surface area is 232 Å². The number of rotatable bonds is 3. The van der Waals surface area contributed by atoms with E-state index < -0.39 is 11.5 Å². The summed E-state index contributed by atoms with van der Waals surface area (Å²) in [5.74, 6) is 3.24. The van der Waals surface area contributed by atoms with Gasteiger partial charge in [0.05, 0.1) is 0 Å². The number of ether oxygens (including phenoxy) is 2. The third-order valence-electron chi connectivity index (χ3n) is 4.64. The molecule has 3 N–H and O–H groups in total. The molecule has 4 rings (SSSR count). The number of para-hydroxylation sites is 2. The van der Waals surface area contributed by atoms with Crippen LogP contribution < -0.4 is 20.5 Å². The first-order valence-corrected chi connectivity index (χ1v) is 12.3. The minimum Gasteiger partial charge on any atom is -0.415 e. The predicted molar refractivity (Wildman–Crippen MR) is 149 cm³/mol. The number of aromatic nitrogens is 2. The minimum absolute atomic E-state index is 0.00458. The van der Waals surface area contributed by atoms with Crippen molar-refractivity contribution in [1.82, 2.24) is 10.3 Å². The summed E-state index contributed by atoms with van der Waals surface area (Å²) in [6.45, 7) is 12.1. The molecule has 0 aliphatic rings. The Balaban J connectivity index is 0.000000225. The van der Waals surface area contributed by atoms with Gasteiger partial charge in [0.25, 0.3) is 0 Å². The highest BCUT2D eigenvalue weighted by molar-refractivity contribution is 6.61. The first-order chi connectivity index (χ1) is 18.2. The lowest BCUT2D eigenvalue weighted by atomic mass is 9.93. The highest BCUT2D eigenvalue weighted by Crippen LogP contribution is 2.25. The van der Waals surface area contributed by atoms with Crippen LogP contribution in [0.1, 0.15) is 53.1 Å². The van der Waals surface area contributed by atoms with Crippen molar-refractivity contribution >= 4 is 34.8 Å². The van der Waals surface area contributed by atoms with E-state index in [1.165, 1.54) is 0 Å². The number of nitrogen functional groups attached to an aromatic ring is 1. The molecule has 0 fully saturated rings. The Bertz CT molecular complexity index is 1310. The second kappa shape index (κ2) is 14.0. The highest BCUT2D eigenvalue weighted by atomic mass is 35.5. The van der Waals surface area contributed by atoms with Crippen LogP contribution in [0.2, 0.25) is 0 Å². The summed E-state index contributed by atoms with van der Waals surface area (Å²) in [6, 6.07) is 20.9. The van der Waals surface area contributed by atoms with E-state index in [9.17, 15) is 9.59 Å². The van der Waals surface area contributed by atoms with Crippen LogP contribution in [-0.4, -0.2) is 21.8 Å². The third kappa shape index (κ3) is 11.7. The van der Waals surface area contributed by atoms with E-state index in [0.717, 1.165) is 5.76 Å². The van der Waals surface area contributed by atoms with Gasteiger partial charge < -0.3 is 24.3 Å². The molecule has 0 aliphatic heterocycles. The number of nitrogens with zero attached hydrogens (tertiary/aromatic N) is 2. The molecule has 2 heterocycles. The molecule has 2 aromatic carbocycles. The first kappa shape index (κ1) is 30.9. The monoisotopic (exact) mass is 556 g/mol. The minimum atomic E-state index is -0.814. The van der Waals surface area contributed by atoms with Crippen molar-refractivity contribution in [3.8, 4) is 11.5 Å². The van der Waals surface area contributed by atoms with Gasteiger partial charge in [-0.2, -0.15) is 0 Å². The molecule has 0 bridgehead atoms. The van der Waals surface area contributed by atoms with E-state index in [2.05, 4.69) is 20.4 Å². The topological polar surface area (TPSA) is 143 Å². The molecule has 4 aromatic rings. The van der Waals surface area contributed by atoms with E-state index in [0.29, 0.717) is 28.9 Å². The maximum absolute atomic E-state index is 11.6. The zero-order valence-electron chi connectivity index (χ0n) is 22.7. The van der Waals surface area contributed by atoms with Crippen LogP contribution in [-0.2, 0) is 10.8 Å². The van der Waals surface area contributed by atoms with Gasteiger partial charge in [0.15, 0.2) is 11.6 Å². The SMILES string of the molecule is CC(C)(C)c1cc(N)no1.CC(C)(C)c1cc(NC(=O)Oc2ccccc2)no1.O=C(Cl)Oc1ccccc1. The lowest BCUT2D eigenvalue weighted by Gasteiger charge is -2.12. The van der Waals surface area contributed by atoms with Crippen LogP contribution in [0, 0.1) is 0 Å². The zero-order valence-corrected chi connectivity index (χ0v) is 23.5. The van der Waals surface area contributed by atoms with E-state index >= 15 is 0 Å². The Morgan fingerprint density at radius 1 is 0.769 bits per heavy atom. The van der Waals surface area contributed by atoms with Crippen molar-refractivity contribution < 1.29 is 28.1 Å². The van der Waals surface area contributed by atoms with Gasteiger partial charge in [-0.1, -0.05) is 88.3 Å². The van der Waals surface area contributed by atoms with Gasteiger partial charge >= 0.3 is 11.5 Å². The second-order valence-corrected chi connectivity index (χ2v) is 10.5. The maximum atomic E-state index is 11.6. The van der Waals surface area contributed by atoms with Crippen LogP contribution in [0.15, 0.2) is 81.8 Å². The largest absolute Gasteiger partial charge is 0.418 e. The van der Waals surface area contributed by atoms with Gasteiger partial charge in [-0.05, 0) is 24.3 Å². The van der Waals surface area contributed by atoms with Crippen molar-refractivity contribution in [2.45, 2.75) is 52.4 Å². The average molecular weight is 557 g/mol. The van der Waals surface area contributed by atoms with Crippen molar-refractivity contribution in [3.63, 3.8) is 0 Å². The fourth-order valence-electron chi connectivity index (χ4n) is 2.64. The predicted octanol–water partition coefficient (Wildman–Crippen LogP) is 7.56. The number of hydrogen-bond donors (Lipinski definition) is 2. The van der Waals surface area contributed by atoms with Crippen LogP contribution in [0.25, 0.3) is 0 Å². The molecule has 0 atom stereocenters. The van der Waals surface area contributed by atoms with Crippen molar-refractivity contribution in [2.75, 3.05) is 11.1 Å². The molecule has 0 unspecified atom stereocenters. The van der Waals surface area contributed by atoms with E-state index in [-0.39, 0.29) is 10.8 Å². The number of carbonyl (C=O) groups excluding carboxylic acids is 2. The number of nitrogens with two attached hydrogens (primary N) is 1. The van der Waals surface area contributed by atoms with E-state index in [4.69, 9.17) is 31.1 Å². The summed E-state index contributed by atoms with van der Waals surface area (Å²) in [6.07, 6.45) is -0.597. The molecule has 0 radical (unpaired) electrons. The summed E-state index contributed by atoms with van der Waals surface area (Å²) < 4.78 is 19.7. The van der Waals surface area contributed by atoms with Gasteiger partial charge in [-0.25, -0.2) is 9.59 Å². The number of anilines is 2. The normalized spacial score (nSPS) is 10.7. The Morgan fingerprint density at radius 3 is 1.62 bits per heavy atom. The fraction of sp³-hybridized carbons (Fsp3) is 0.286. The maximum Gasteiger partial charge on any atom is 0.418 e. The number of carbonyl (C=O) groups is 2. The molecule has 208 valence electrons. The van der Waals surface area contributed by atoms with Crippen molar-refractivity contribution in [3.05, 3.63) is 84.3 Å². The van der Waals surface area contributed by atoms with Crippen molar-refractivity contribution in [2.24, 2.45) is 0 Å². The molecule has 0 spiro atoms. The number of benzene rings is 2. The van der Waals surface area contributed by atoms with E-state index in [1.54, 1.807) is 60.7 Å². The number of nitrogens with one attached hydrogen (secondary N) is 1. The van der Waals surface area contributed by atoms with Gasteiger partial charge in [0, 0.05) is 34.6 Å². The van der Waals surface area contributed by atoms with Crippen LogP contribution >= 0.6 is 11.6 Å². The fourth-order valence-corrected chi connectivity index (χ4v) is 2.73. The Kier molecular flexibility index (Phi) is 11.1. The van der Waals surface area contributed by atoms with Gasteiger partial charge in [0.2, 0.25) is 0 Å². The zero-order chi connectivity index (χ0) is 29.1.